The first-order valence-electron chi connectivity index (χ1n) is 10.8. The van der Waals surface area contributed by atoms with Crippen molar-refractivity contribution in [3.63, 3.8) is 0 Å². The van der Waals surface area contributed by atoms with Crippen LogP contribution in [0.25, 0.3) is 0 Å². The zero-order chi connectivity index (χ0) is 22.3. The zero-order valence-electron chi connectivity index (χ0n) is 18.5. The molecule has 1 saturated heterocycles. The third kappa shape index (κ3) is 5.62. The van der Waals surface area contributed by atoms with Crippen LogP contribution in [-0.2, 0) is 16.1 Å². The van der Waals surface area contributed by atoms with E-state index in [4.69, 9.17) is 9.47 Å². The Bertz CT molecular complexity index is 1040. The number of ether oxygens (including phenoxy) is 2. The van der Waals surface area contributed by atoms with Crippen LogP contribution in [0.1, 0.15) is 18.1 Å². The van der Waals surface area contributed by atoms with Crippen LogP contribution in [0.5, 0.6) is 11.6 Å². The van der Waals surface area contributed by atoms with Crippen LogP contribution >= 0.6 is 0 Å². The largest absolute Gasteiger partial charge is 0.439 e. The number of hydrogen-bond acceptors (Lipinski definition) is 6. The predicted octanol–water partition coefficient (Wildman–Crippen LogP) is 3.83. The highest BCUT2D eigenvalue weighted by Gasteiger charge is 2.28. The van der Waals surface area contributed by atoms with Gasteiger partial charge in [0.05, 0.1) is 6.61 Å². The number of piperazine rings is 1. The fraction of sp³-hybridized carbons (Fsp3) is 0.320. The Kier molecular flexibility index (Phi) is 6.97. The number of benzene rings is 2. The lowest BCUT2D eigenvalue weighted by atomic mass is 10.2. The molecule has 1 unspecified atom stereocenters. The van der Waals surface area contributed by atoms with Gasteiger partial charge in [0, 0.05) is 31.7 Å². The first kappa shape index (κ1) is 21.8. The molecule has 7 heteroatoms. The van der Waals surface area contributed by atoms with Gasteiger partial charge < -0.3 is 19.3 Å². The van der Waals surface area contributed by atoms with Crippen LogP contribution in [0, 0.1) is 6.92 Å². The lowest BCUT2D eigenvalue weighted by Gasteiger charge is -2.40. The molecule has 4 rings (SSSR count). The smallest absolute Gasteiger partial charge is 0.248 e. The number of aromatic nitrogens is 2. The molecule has 32 heavy (non-hydrogen) atoms. The Hall–Kier alpha value is -3.45. The number of aryl methyl sites for hydroxylation is 1. The molecule has 1 aliphatic rings. The van der Waals surface area contributed by atoms with E-state index < -0.39 is 0 Å². The summed E-state index contributed by atoms with van der Waals surface area (Å²) >= 11 is 0. The van der Waals surface area contributed by atoms with E-state index in [0.717, 1.165) is 22.7 Å². The lowest BCUT2D eigenvalue weighted by Crippen LogP contribution is -2.55. The van der Waals surface area contributed by atoms with Crippen LogP contribution in [0.2, 0.25) is 0 Å². The third-order valence-corrected chi connectivity index (χ3v) is 5.45. The summed E-state index contributed by atoms with van der Waals surface area (Å²) in [5.74, 6) is 2.05. The molecule has 1 aromatic heterocycles. The number of carbonyl (C=O) groups excluding carboxylic acids is 1. The van der Waals surface area contributed by atoms with Gasteiger partial charge in [-0.15, -0.1) is 0 Å². The number of amides is 1. The third-order valence-electron chi connectivity index (χ3n) is 5.45. The molecule has 2 heterocycles. The molecule has 1 aliphatic heterocycles. The molecule has 0 aliphatic carbocycles. The first-order chi connectivity index (χ1) is 15.6. The molecule has 1 fully saturated rings. The summed E-state index contributed by atoms with van der Waals surface area (Å²) in [6.45, 7) is 6.58. The number of rotatable bonds is 7. The van der Waals surface area contributed by atoms with Crippen molar-refractivity contribution in [1.82, 2.24) is 14.9 Å². The van der Waals surface area contributed by atoms with Crippen molar-refractivity contribution in [2.45, 2.75) is 26.5 Å². The van der Waals surface area contributed by atoms with E-state index in [1.54, 1.807) is 0 Å². The minimum atomic E-state index is 0.0132. The molecule has 1 atom stereocenters. The second kappa shape index (κ2) is 10.2. The first-order valence-corrected chi connectivity index (χ1v) is 10.8. The zero-order valence-corrected chi connectivity index (χ0v) is 18.5. The minimum Gasteiger partial charge on any atom is -0.439 e. The normalized spacial score (nSPS) is 16.1. The van der Waals surface area contributed by atoms with Gasteiger partial charge in [0.2, 0.25) is 11.8 Å². The van der Waals surface area contributed by atoms with Gasteiger partial charge in [-0.25, -0.2) is 9.97 Å². The van der Waals surface area contributed by atoms with E-state index in [2.05, 4.69) is 14.9 Å². The van der Waals surface area contributed by atoms with Crippen LogP contribution in [0.4, 0.5) is 5.82 Å². The molecule has 0 radical (unpaired) electrons. The maximum atomic E-state index is 12.7. The quantitative estimate of drug-likeness (QED) is 0.565. The van der Waals surface area contributed by atoms with Gasteiger partial charge in [-0.2, -0.15) is 0 Å². The summed E-state index contributed by atoms with van der Waals surface area (Å²) in [5.41, 5.74) is 2.18. The van der Waals surface area contributed by atoms with E-state index in [1.165, 1.54) is 6.33 Å². The molecule has 3 aromatic rings. The number of nitrogens with zero attached hydrogens (tertiary/aromatic N) is 4. The van der Waals surface area contributed by atoms with Crippen LogP contribution < -0.4 is 9.64 Å². The summed E-state index contributed by atoms with van der Waals surface area (Å²) < 4.78 is 11.5. The van der Waals surface area contributed by atoms with Crippen molar-refractivity contribution in [1.29, 1.82) is 0 Å². The highest BCUT2D eigenvalue weighted by molar-refractivity contribution is 5.78. The van der Waals surface area contributed by atoms with Gasteiger partial charge in [-0.3, -0.25) is 4.79 Å². The molecule has 0 saturated carbocycles. The predicted molar refractivity (Wildman–Crippen MR) is 123 cm³/mol. The Morgan fingerprint density at radius 1 is 1.06 bits per heavy atom. The SMILES string of the molecule is Cc1cccc(Oc2cc(N3CCN(C(=O)COCc4ccccc4)C(C)C3)ncn2)c1. The molecular weight excluding hydrogens is 404 g/mol. The molecule has 7 nitrogen and oxygen atoms in total. The van der Waals surface area contributed by atoms with Gasteiger partial charge in [-0.1, -0.05) is 42.5 Å². The van der Waals surface area contributed by atoms with Gasteiger partial charge in [0.15, 0.2) is 0 Å². The molecule has 0 bridgehead atoms. The monoisotopic (exact) mass is 432 g/mol. The van der Waals surface area contributed by atoms with Gasteiger partial charge in [0.1, 0.15) is 24.5 Å². The van der Waals surface area contributed by atoms with Crippen LogP contribution in [0.3, 0.4) is 0 Å². The minimum absolute atomic E-state index is 0.0132. The van der Waals surface area contributed by atoms with E-state index in [-0.39, 0.29) is 18.6 Å². The summed E-state index contributed by atoms with van der Waals surface area (Å²) in [7, 11) is 0. The van der Waals surface area contributed by atoms with E-state index >= 15 is 0 Å². The van der Waals surface area contributed by atoms with E-state index in [1.807, 2.05) is 79.4 Å². The number of carbonyl (C=O) groups is 1. The topological polar surface area (TPSA) is 67.8 Å². The summed E-state index contributed by atoms with van der Waals surface area (Å²) in [5, 5.41) is 0. The Morgan fingerprint density at radius 2 is 1.91 bits per heavy atom. The summed E-state index contributed by atoms with van der Waals surface area (Å²) in [6.07, 6.45) is 1.51. The van der Waals surface area contributed by atoms with Crippen LogP contribution in [0.15, 0.2) is 67.0 Å². The van der Waals surface area contributed by atoms with Crippen molar-refractivity contribution >= 4 is 11.7 Å². The van der Waals surface area contributed by atoms with Crippen molar-refractivity contribution < 1.29 is 14.3 Å². The number of hydrogen-bond donors (Lipinski definition) is 0. The van der Waals surface area contributed by atoms with Crippen molar-refractivity contribution in [2.75, 3.05) is 31.1 Å². The summed E-state index contributed by atoms with van der Waals surface area (Å²) in [4.78, 5) is 25.4. The highest BCUT2D eigenvalue weighted by Crippen LogP contribution is 2.24. The Balaban J connectivity index is 1.31. The van der Waals surface area contributed by atoms with Crippen molar-refractivity contribution in [3.8, 4) is 11.6 Å². The molecule has 1 amide bonds. The van der Waals surface area contributed by atoms with E-state index in [0.29, 0.717) is 32.1 Å². The lowest BCUT2D eigenvalue weighted by molar-refractivity contribution is -0.139. The second-order valence-electron chi connectivity index (χ2n) is 7.99. The average Bonchev–Trinajstić information content (AvgIpc) is 2.80. The van der Waals surface area contributed by atoms with Gasteiger partial charge in [0.25, 0.3) is 0 Å². The van der Waals surface area contributed by atoms with Gasteiger partial charge in [-0.05, 0) is 37.1 Å². The summed E-state index contributed by atoms with van der Waals surface area (Å²) in [6, 6.07) is 19.6. The van der Waals surface area contributed by atoms with Crippen molar-refractivity contribution in [2.24, 2.45) is 0 Å². The Morgan fingerprint density at radius 3 is 2.69 bits per heavy atom. The molecule has 0 spiro atoms. The fourth-order valence-corrected chi connectivity index (χ4v) is 3.81. The highest BCUT2D eigenvalue weighted by atomic mass is 16.5. The standard InChI is InChI=1S/C25H28N4O3/c1-19-7-6-10-22(13-19)32-24-14-23(26-18-27-24)28-11-12-29(20(2)15-28)25(30)17-31-16-21-8-4-3-5-9-21/h3-10,13-14,18,20H,11-12,15-17H2,1-2H3. The number of anilines is 1. The molecule has 0 N–H and O–H groups in total. The second-order valence-corrected chi connectivity index (χ2v) is 7.99. The Labute approximate surface area is 188 Å². The van der Waals surface area contributed by atoms with E-state index in [9.17, 15) is 4.79 Å². The molecular formula is C25H28N4O3. The average molecular weight is 433 g/mol. The van der Waals surface area contributed by atoms with Crippen LogP contribution in [-0.4, -0.2) is 53.1 Å². The van der Waals surface area contributed by atoms with Crippen molar-refractivity contribution in [3.05, 3.63) is 78.1 Å². The fourth-order valence-electron chi connectivity index (χ4n) is 3.81. The molecule has 166 valence electrons. The molecule has 2 aromatic carbocycles. The van der Waals surface area contributed by atoms with Gasteiger partial charge >= 0.3 is 0 Å². The maximum Gasteiger partial charge on any atom is 0.248 e. The maximum absolute atomic E-state index is 12.7.